The van der Waals surface area contributed by atoms with Crippen molar-refractivity contribution in [3.05, 3.63) is 89.3 Å². The van der Waals surface area contributed by atoms with Gasteiger partial charge in [-0.1, -0.05) is 50.3 Å². The zero-order valence-corrected chi connectivity index (χ0v) is 37.1. The van der Waals surface area contributed by atoms with E-state index in [-0.39, 0.29) is 35.7 Å². The van der Waals surface area contributed by atoms with Gasteiger partial charge >= 0.3 is 12.2 Å². The van der Waals surface area contributed by atoms with E-state index in [1.165, 1.54) is 19.8 Å². The number of alkyl carbamates (subject to hydrolysis) is 2. The Hall–Kier alpha value is -5.97. The lowest BCUT2D eigenvalue weighted by molar-refractivity contribution is -0.135. The van der Waals surface area contributed by atoms with E-state index >= 15 is 0 Å². The second-order valence-corrected chi connectivity index (χ2v) is 17.9. The van der Waals surface area contributed by atoms with Gasteiger partial charge in [-0.2, -0.15) is 0 Å². The van der Waals surface area contributed by atoms with Gasteiger partial charge in [0.15, 0.2) is 0 Å². The van der Waals surface area contributed by atoms with E-state index in [4.69, 9.17) is 28.9 Å². The summed E-state index contributed by atoms with van der Waals surface area (Å²) >= 11 is 0. The molecule has 64 heavy (non-hydrogen) atoms. The first-order valence-corrected chi connectivity index (χ1v) is 22.4. The maximum atomic E-state index is 14.5. The number of hydrogen-bond donors (Lipinski definition) is 5. The summed E-state index contributed by atoms with van der Waals surface area (Å²) in [5.74, 6) is 1.99. The number of rotatable bonds is 12. The minimum Gasteiger partial charge on any atom is -0.488 e. The molecular weight excluding hydrogens is 817 g/mol. The molecule has 5 aliphatic rings. The number of carbonyl (C=O) groups excluding carboxylic acids is 3. The monoisotopic (exact) mass is 874 g/mol. The average Bonchev–Trinajstić information content (AvgIpc) is 4.15. The van der Waals surface area contributed by atoms with Gasteiger partial charge in [0, 0.05) is 48.9 Å². The van der Waals surface area contributed by atoms with E-state index in [1.54, 1.807) is 7.11 Å². The van der Waals surface area contributed by atoms with Gasteiger partial charge < -0.3 is 49.6 Å². The number of aliphatic hydroxyl groups excluding tert-OH is 1. The van der Waals surface area contributed by atoms with Crippen LogP contribution >= 0.6 is 0 Å². The van der Waals surface area contributed by atoms with Crippen LogP contribution in [0.1, 0.15) is 80.1 Å². The van der Waals surface area contributed by atoms with Crippen LogP contribution in [0.3, 0.4) is 0 Å². The largest absolute Gasteiger partial charge is 0.488 e. The Balaban J connectivity index is 0.948. The first-order valence-electron chi connectivity index (χ1n) is 22.4. The first-order chi connectivity index (χ1) is 31.0. The summed E-state index contributed by atoms with van der Waals surface area (Å²) < 4.78 is 21.8. The molecule has 3 aliphatic heterocycles. The minimum atomic E-state index is -0.908. The quantitative estimate of drug-likeness (QED) is 0.106. The molecule has 2 fully saturated rings. The summed E-state index contributed by atoms with van der Waals surface area (Å²) in [6.45, 7) is 5.99. The van der Waals surface area contributed by atoms with Gasteiger partial charge in [-0.3, -0.25) is 9.69 Å². The number of likely N-dealkylation sites (tertiary alicyclic amines) is 2. The number of nitrogens with one attached hydrogen (secondary N) is 4. The fourth-order valence-corrected chi connectivity index (χ4v) is 10.3. The number of amides is 3. The van der Waals surface area contributed by atoms with Crippen LogP contribution in [0.2, 0.25) is 0 Å². The summed E-state index contributed by atoms with van der Waals surface area (Å²) in [5.41, 5.74) is 9.20. The molecule has 2 unspecified atom stereocenters. The zero-order valence-electron chi connectivity index (χ0n) is 37.1. The third-order valence-electron chi connectivity index (χ3n) is 13.6. The average molecular weight is 875 g/mol. The van der Waals surface area contributed by atoms with Crippen LogP contribution in [0.15, 0.2) is 60.8 Å². The summed E-state index contributed by atoms with van der Waals surface area (Å²) in [7, 11) is 4.30. The van der Waals surface area contributed by atoms with Gasteiger partial charge in [0.05, 0.1) is 56.5 Å². The standard InChI is InChI=1S/C48H58N8O8/c1-26(2)40(53-47(59)62-4)45(57)55-17-9-12-37(55)43-49-22-36(51-43)30-13-15-32-31(19-30)25-64-39-21-33-29(20-34(32)39)14-16-35-42(33)52-44(50-35)38-18-27(24-61-3)23-56(38)46(58)41(54-48(60)63-5)28-10-7-6-8-11-28/h6-8,10,13,15,19-22,26-28,37-38,40-41,45,57H,9,11-12,14,16-18,23-25H2,1-5H3,(H,49,51)(H,50,52)(H,53,59)(H,54,60)/t27-,28?,37-,38-,40-,41+,45?/m0/s1. The fraction of sp³-hybridized carbons (Fsp3) is 0.479. The molecule has 4 aromatic rings. The number of benzene rings is 2. The van der Waals surface area contributed by atoms with E-state index in [0.29, 0.717) is 39.1 Å². The Bertz CT molecular complexity index is 2460. The molecule has 5 heterocycles. The summed E-state index contributed by atoms with van der Waals surface area (Å²) in [5, 5.41) is 17.1. The number of fused-ring (bicyclic) bond motifs is 6. The van der Waals surface area contributed by atoms with Crippen molar-refractivity contribution < 1.29 is 38.4 Å². The maximum absolute atomic E-state index is 14.5. The first kappa shape index (κ1) is 43.3. The molecule has 2 aliphatic carbocycles. The van der Waals surface area contributed by atoms with Crippen molar-refractivity contribution in [2.75, 3.05) is 41.0 Å². The molecule has 0 spiro atoms. The van der Waals surface area contributed by atoms with Crippen LogP contribution in [-0.2, 0) is 38.5 Å². The van der Waals surface area contributed by atoms with Crippen molar-refractivity contribution in [2.45, 2.75) is 89.4 Å². The molecule has 16 nitrogen and oxygen atoms in total. The van der Waals surface area contributed by atoms with Crippen LogP contribution in [0.4, 0.5) is 9.59 Å². The molecule has 0 saturated carbocycles. The number of allylic oxidation sites excluding steroid dienone is 3. The van der Waals surface area contributed by atoms with Gasteiger partial charge in [0.1, 0.15) is 36.3 Å². The van der Waals surface area contributed by atoms with Crippen molar-refractivity contribution >= 4 is 18.1 Å². The van der Waals surface area contributed by atoms with E-state index < -0.39 is 30.5 Å². The van der Waals surface area contributed by atoms with Crippen molar-refractivity contribution in [3.8, 4) is 39.4 Å². The number of imidazole rings is 2. The highest BCUT2D eigenvalue weighted by Gasteiger charge is 2.43. The molecule has 0 radical (unpaired) electrons. The summed E-state index contributed by atoms with van der Waals surface area (Å²) in [6.07, 6.45) is 12.2. The molecule has 2 saturated heterocycles. The molecule has 338 valence electrons. The Kier molecular flexibility index (Phi) is 12.3. The second kappa shape index (κ2) is 18.3. The number of carbonyl (C=O) groups is 3. The Morgan fingerprint density at radius 3 is 2.55 bits per heavy atom. The molecular formula is C48H58N8O8. The molecule has 5 N–H and O–H groups in total. The Morgan fingerprint density at radius 1 is 0.953 bits per heavy atom. The highest BCUT2D eigenvalue weighted by molar-refractivity contribution is 5.87. The number of ether oxygens (including phenoxy) is 4. The van der Waals surface area contributed by atoms with Gasteiger partial charge in [0.2, 0.25) is 5.91 Å². The van der Waals surface area contributed by atoms with Crippen LogP contribution in [0.5, 0.6) is 5.75 Å². The third kappa shape index (κ3) is 8.29. The molecule has 16 heteroatoms. The van der Waals surface area contributed by atoms with Crippen molar-refractivity contribution in [1.29, 1.82) is 0 Å². The Labute approximate surface area is 372 Å². The lowest BCUT2D eigenvalue weighted by atomic mass is 9.86. The maximum Gasteiger partial charge on any atom is 0.407 e. The number of methoxy groups -OCH3 is 3. The normalized spacial score (nSPS) is 22.5. The van der Waals surface area contributed by atoms with Gasteiger partial charge in [0.25, 0.3) is 0 Å². The number of aryl methyl sites for hydroxylation is 2. The SMILES string of the molecule is COC[C@H]1C[C@@H](c2nc3c([nH]2)CCc2cc4c(cc2-3)OCc2cc(-c3cnc([C@@H]5CCCN5C(O)[C@@H](NC(=O)OC)C(C)C)[nH]3)ccc2-4)N(C(=O)[C@H](NC(=O)OC)C2C=CC=CC2)C1. The number of aromatic amines is 2. The lowest BCUT2D eigenvalue weighted by Crippen LogP contribution is -2.54. The number of aromatic nitrogens is 4. The molecule has 0 bridgehead atoms. The van der Waals surface area contributed by atoms with E-state index in [0.717, 1.165) is 88.0 Å². The predicted molar refractivity (Wildman–Crippen MR) is 238 cm³/mol. The molecule has 3 amide bonds. The third-order valence-corrected chi connectivity index (χ3v) is 13.6. The van der Waals surface area contributed by atoms with Crippen LogP contribution in [-0.4, -0.2) is 112 Å². The van der Waals surface area contributed by atoms with Crippen molar-refractivity contribution in [2.24, 2.45) is 17.8 Å². The zero-order chi connectivity index (χ0) is 44.6. The van der Waals surface area contributed by atoms with Crippen LogP contribution in [0, 0.1) is 17.8 Å². The summed E-state index contributed by atoms with van der Waals surface area (Å²) in [4.78, 5) is 60.1. The topological polar surface area (TPSA) is 196 Å². The van der Waals surface area contributed by atoms with Crippen molar-refractivity contribution in [3.63, 3.8) is 0 Å². The van der Waals surface area contributed by atoms with E-state index in [1.807, 2.05) is 54.1 Å². The molecule has 2 aromatic heterocycles. The molecule has 2 aromatic carbocycles. The van der Waals surface area contributed by atoms with Crippen LogP contribution < -0.4 is 15.4 Å². The number of aliphatic hydroxyl groups is 1. The molecule has 9 rings (SSSR count). The minimum absolute atomic E-state index is 0.0199. The smallest absolute Gasteiger partial charge is 0.407 e. The summed E-state index contributed by atoms with van der Waals surface area (Å²) in [6, 6.07) is 9.00. The number of nitrogens with zero attached hydrogens (tertiary/aromatic N) is 4. The lowest BCUT2D eigenvalue weighted by Gasteiger charge is -2.35. The predicted octanol–water partition coefficient (Wildman–Crippen LogP) is 6.35. The number of hydrogen-bond acceptors (Lipinski definition) is 11. The Morgan fingerprint density at radius 2 is 1.78 bits per heavy atom. The van der Waals surface area contributed by atoms with E-state index in [9.17, 15) is 19.5 Å². The highest BCUT2D eigenvalue weighted by atomic mass is 16.5. The van der Waals surface area contributed by atoms with E-state index in [2.05, 4.69) is 50.9 Å². The van der Waals surface area contributed by atoms with Gasteiger partial charge in [-0.25, -0.2) is 19.6 Å². The van der Waals surface area contributed by atoms with Crippen molar-refractivity contribution in [1.82, 2.24) is 40.4 Å². The van der Waals surface area contributed by atoms with Gasteiger partial charge in [-0.15, -0.1) is 0 Å². The fourth-order valence-electron chi connectivity index (χ4n) is 10.3. The highest BCUT2D eigenvalue weighted by Crippen LogP contribution is 2.46. The second-order valence-electron chi connectivity index (χ2n) is 17.9. The molecule has 7 atom stereocenters. The van der Waals surface area contributed by atoms with Gasteiger partial charge in [-0.05, 0) is 84.9 Å². The van der Waals surface area contributed by atoms with Crippen LogP contribution in [0.25, 0.3) is 33.6 Å². The number of H-pyrrole nitrogens is 2.